The van der Waals surface area contributed by atoms with Gasteiger partial charge in [-0.15, -0.1) is 0 Å². The highest BCUT2D eigenvalue weighted by Crippen LogP contribution is 2.24. The Morgan fingerprint density at radius 2 is 2.00 bits per heavy atom. The Kier molecular flexibility index (Phi) is 4.32. The fraction of sp³-hybridized carbons (Fsp3) is 0.692. The van der Waals surface area contributed by atoms with Crippen molar-refractivity contribution in [2.75, 3.05) is 0 Å². The highest BCUT2D eigenvalue weighted by molar-refractivity contribution is 5.90. The van der Waals surface area contributed by atoms with Crippen LogP contribution in [-0.2, 0) is 19.1 Å². The number of hydrogen-bond donors (Lipinski definition) is 0. The summed E-state index contributed by atoms with van der Waals surface area (Å²) >= 11 is 0. The van der Waals surface area contributed by atoms with Gasteiger partial charge in [0.25, 0.3) is 0 Å². The van der Waals surface area contributed by atoms with Gasteiger partial charge in [0.15, 0.2) is 0 Å². The normalized spacial score (nSPS) is 20.5. The van der Waals surface area contributed by atoms with E-state index in [4.69, 9.17) is 9.47 Å². The van der Waals surface area contributed by atoms with Crippen LogP contribution in [0.25, 0.3) is 0 Å². The van der Waals surface area contributed by atoms with Crippen molar-refractivity contribution in [1.82, 2.24) is 0 Å². The zero-order valence-corrected chi connectivity index (χ0v) is 10.9. The van der Waals surface area contributed by atoms with Gasteiger partial charge in [-0.3, -0.25) is 4.79 Å². The van der Waals surface area contributed by atoms with Crippen LogP contribution in [0.5, 0.6) is 0 Å². The Labute approximate surface area is 102 Å². The molecule has 4 nitrogen and oxygen atoms in total. The van der Waals surface area contributed by atoms with Gasteiger partial charge in [0.1, 0.15) is 11.7 Å². The molecule has 0 saturated carbocycles. The summed E-state index contributed by atoms with van der Waals surface area (Å²) in [6.07, 6.45) is 3.79. The first-order valence-electron chi connectivity index (χ1n) is 5.90. The Balaban J connectivity index is 2.74. The summed E-state index contributed by atoms with van der Waals surface area (Å²) in [6, 6.07) is 0. The molecule has 0 amide bonds. The molecule has 0 aliphatic heterocycles. The smallest absolute Gasteiger partial charge is 0.337 e. The SMILES string of the molecule is CC(=O)OC1CCCC=C1C(=O)OC(C)(C)C. The molecule has 0 aromatic rings. The van der Waals surface area contributed by atoms with Crippen LogP contribution in [0, 0.1) is 0 Å². The van der Waals surface area contributed by atoms with Crippen molar-refractivity contribution in [2.24, 2.45) is 0 Å². The molecular formula is C13H20O4. The van der Waals surface area contributed by atoms with E-state index < -0.39 is 11.7 Å². The second-order valence-corrected chi connectivity index (χ2v) is 5.19. The number of hydrogen-bond acceptors (Lipinski definition) is 4. The monoisotopic (exact) mass is 240 g/mol. The maximum absolute atomic E-state index is 11.9. The average Bonchev–Trinajstić information content (AvgIpc) is 2.14. The van der Waals surface area contributed by atoms with Gasteiger partial charge in [0.05, 0.1) is 5.57 Å². The average molecular weight is 240 g/mol. The molecule has 1 unspecified atom stereocenters. The van der Waals surface area contributed by atoms with Crippen molar-refractivity contribution < 1.29 is 19.1 Å². The molecule has 4 heteroatoms. The van der Waals surface area contributed by atoms with Crippen LogP contribution >= 0.6 is 0 Å². The molecule has 0 fully saturated rings. The van der Waals surface area contributed by atoms with Gasteiger partial charge in [-0.25, -0.2) is 4.79 Å². The van der Waals surface area contributed by atoms with Gasteiger partial charge in [-0.1, -0.05) is 6.08 Å². The third-order valence-electron chi connectivity index (χ3n) is 2.32. The zero-order chi connectivity index (χ0) is 13.1. The minimum atomic E-state index is -0.532. The lowest BCUT2D eigenvalue weighted by molar-refractivity contribution is -0.154. The van der Waals surface area contributed by atoms with Crippen molar-refractivity contribution in [3.8, 4) is 0 Å². The molecule has 96 valence electrons. The van der Waals surface area contributed by atoms with Crippen molar-refractivity contribution >= 4 is 11.9 Å². The molecule has 0 heterocycles. The molecule has 1 rings (SSSR count). The van der Waals surface area contributed by atoms with Crippen LogP contribution < -0.4 is 0 Å². The third kappa shape index (κ3) is 4.59. The van der Waals surface area contributed by atoms with Gasteiger partial charge in [0, 0.05) is 6.92 Å². The van der Waals surface area contributed by atoms with E-state index in [2.05, 4.69) is 0 Å². The molecule has 0 radical (unpaired) electrons. The van der Waals surface area contributed by atoms with E-state index in [9.17, 15) is 9.59 Å². The Bertz CT molecular complexity index is 336. The van der Waals surface area contributed by atoms with E-state index in [1.807, 2.05) is 26.8 Å². The highest BCUT2D eigenvalue weighted by atomic mass is 16.6. The minimum absolute atomic E-state index is 0.369. The fourth-order valence-electron chi connectivity index (χ4n) is 1.72. The molecule has 0 N–H and O–H groups in total. The minimum Gasteiger partial charge on any atom is -0.457 e. The zero-order valence-electron chi connectivity index (χ0n) is 10.9. The Hall–Kier alpha value is -1.32. The van der Waals surface area contributed by atoms with Gasteiger partial charge in [0.2, 0.25) is 0 Å². The second-order valence-electron chi connectivity index (χ2n) is 5.19. The number of carbonyl (C=O) groups is 2. The van der Waals surface area contributed by atoms with Crippen LogP contribution in [0.3, 0.4) is 0 Å². The Morgan fingerprint density at radius 3 is 2.53 bits per heavy atom. The number of allylic oxidation sites excluding steroid dienone is 1. The summed E-state index contributed by atoms with van der Waals surface area (Å²) in [7, 11) is 0. The van der Waals surface area contributed by atoms with Crippen LogP contribution in [-0.4, -0.2) is 23.6 Å². The first kappa shape index (κ1) is 13.7. The largest absolute Gasteiger partial charge is 0.457 e. The van der Waals surface area contributed by atoms with Crippen LogP contribution in [0.2, 0.25) is 0 Å². The molecule has 1 atom stereocenters. The summed E-state index contributed by atoms with van der Waals surface area (Å²) < 4.78 is 10.4. The predicted octanol–water partition coefficient (Wildman–Crippen LogP) is 2.37. The van der Waals surface area contributed by atoms with Gasteiger partial charge < -0.3 is 9.47 Å². The van der Waals surface area contributed by atoms with Crippen LogP contribution in [0.15, 0.2) is 11.6 Å². The van der Waals surface area contributed by atoms with Gasteiger partial charge in [-0.05, 0) is 40.0 Å². The van der Waals surface area contributed by atoms with E-state index >= 15 is 0 Å². The number of ether oxygens (including phenoxy) is 2. The fourth-order valence-corrected chi connectivity index (χ4v) is 1.72. The molecule has 0 aromatic heterocycles. The topological polar surface area (TPSA) is 52.6 Å². The lowest BCUT2D eigenvalue weighted by Gasteiger charge is -2.26. The molecule has 17 heavy (non-hydrogen) atoms. The maximum Gasteiger partial charge on any atom is 0.337 e. The second kappa shape index (κ2) is 5.34. The molecule has 0 spiro atoms. The quantitative estimate of drug-likeness (QED) is 0.695. The van der Waals surface area contributed by atoms with E-state index in [0.717, 1.165) is 12.8 Å². The first-order chi connectivity index (χ1) is 7.79. The summed E-state index contributed by atoms with van der Waals surface area (Å²) in [5.41, 5.74) is -0.0581. The molecule has 0 saturated heterocycles. The molecule has 1 aliphatic rings. The van der Waals surface area contributed by atoms with Crippen LogP contribution in [0.1, 0.15) is 47.0 Å². The van der Waals surface area contributed by atoms with E-state index in [1.165, 1.54) is 6.92 Å². The third-order valence-corrected chi connectivity index (χ3v) is 2.32. The molecular weight excluding hydrogens is 220 g/mol. The van der Waals surface area contributed by atoms with Gasteiger partial charge in [-0.2, -0.15) is 0 Å². The predicted molar refractivity (Wildman–Crippen MR) is 63.3 cm³/mol. The summed E-state index contributed by atoms with van der Waals surface area (Å²) in [5.74, 6) is -0.755. The number of rotatable bonds is 2. The van der Waals surface area contributed by atoms with E-state index in [1.54, 1.807) is 0 Å². The highest BCUT2D eigenvalue weighted by Gasteiger charge is 2.29. The summed E-state index contributed by atoms with van der Waals surface area (Å²) in [6.45, 7) is 6.79. The van der Waals surface area contributed by atoms with E-state index in [0.29, 0.717) is 12.0 Å². The van der Waals surface area contributed by atoms with E-state index in [-0.39, 0.29) is 11.9 Å². The van der Waals surface area contributed by atoms with Crippen molar-refractivity contribution in [2.45, 2.75) is 58.7 Å². The van der Waals surface area contributed by atoms with Crippen LogP contribution in [0.4, 0.5) is 0 Å². The number of carbonyl (C=O) groups excluding carboxylic acids is 2. The molecule has 0 aromatic carbocycles. The standard InChI is InChI=1S/C13H20O4/c1-9(14)16-11-8-6-5-7-10(11)12(15)17-13(2,3)4/h7,11H,5-6,8H2,1-4H3. The summed E-state index contributed by atoms with van der Waals surface area (Å²) in [5, 5.41) is 0. The van der Waals surface area contributed by atoms with Crippen molar-refractivity contribution in [3.63, 3.8) is 0 Å². The lowest BCUT2D eigenvalue weighted by Crippen LogP contribution is -2.32. The maximum atomic E-state index is 11.9. The Morgan fingerprint density at radius 1 is 1.35 bits per heavy atom. The lowest BCUT2D eigenvalue weighted by atomic mass is 9.96. The summed E-state index contributed by atoms with van der Waals surface area (Å²) in [4.78, 5) is 22.9. The van der Waals surface area contributed by atoms with Crippen molar-refractivity contribution in [3.05, 3.63) is 11.6 Å². The molecule has 1 aliphatic carbocycles. The van der Waals surface area contributed by atoms with Gasteiger partial charge >= 0.3 is 11.9 Å². The number of esters is 2. The molecule has 0 bridgehead atoms. The first-order valence-corrected chi connectivity index (χ1v) is 5.90. The van der Waals surface area contributed by atoms with Crippen molar-refractivity contribution in [1.29, 1.82) is 0 Å².